The van der Waals surface area contributed by atoms with Gasteiger partial charge in [-0.15, -0.1) is 0 Å². The van der Waals surface area contributed by atoms with E-state index >= 15 is 0 Å². The summed E-state index contributed by atoms with van der Waals surface area (Å²) in [6.07, 6.45) is 1.14. The molecule has 4 atom stereocenters. The van der Waals surface area contributed by atoms with E-state index in [9.17, 15) is 24.0 Å². The molecule has 2 aliphatic heterocycles. The number of primary amides is 1. The SMILES string of the molecule is CC(C)(C)OC(=O)[C@@H](Cc1cccc(CN(C(N)=O)c2cccc(C[C@H](C(=O)OC(C)(C)C)[C@H]3CCN(C(=O)OC(C)(C)C)C3)c2)c1)[C@H]1CCN(C(=O)OC(C)(C)C)C1. The lowest BCUT2D eigenvalue weighted by Gasteiger charge is -2.28. The number of hydrogen-bond acceptors (Lipinski definition) is 9. The number of urea groups is 1. The van der Waals surface area contributed by atoms with Crippen LogP contribution in [-0.4, -0.2) is 88.5 Å². The fraction of sp³-hybridized carbons (Fsp3) is 0.630. The van der Waals surface area contributed by atoms with E-state index in [0.717, 1.165) is 16.7 Å². The molecule has 326 valence electrons. The van der Waals surface area contributed by atoms with E-state index < -0.39 is 52.5 Å². The third kappa shape index (κ3) is 14.8. The van der Waals surface area contributed by atoms with Crippen LogP contribution in [0.2, 0.25) is 0 Å². The molecule has 2 N–H and O–H groups in total. The van der Waals surface area contributed by atoms with E-state index in [4.69, 9.17) is 24.7 Å². The number of likely N-dealkylation sites (tertiary alicyclic amines) is 2. The van der Waals surface area contributed by atoms with Gasteiger partial charge in [-0.2, -0.15) is 0 Å². The Balaban J connectivity index is 1.54. The van der Waals surface area contributed by atoms with Crippen LogP contribution >= 0.6 is 0 Å². The molecule has 2 aromatic carbocycles. The van der Waals surface area contributed by atoms with Crippen LogP contribution in [0, 0.1) is 23.7 Å². The lowest BCUT2D eigenvalue weighted by molar-refractivity contribution is -0.163. The molecule has 2 aromatic rings. The summed E-state index contributed by atoms with van der Waals surface area (Å²) in [5.74, 6) is -2.04. The van der Waals surface area contributed by atoms with Gasteiger partial charge in [0.2, 0.25) is 0 Å². The summed E-state index contributed by atoms with van der Waals surface area (Å²) in [4.78, 5) is 71.1. The van der Waals surface area contributed by atoms with Gasteiger partial charge < -0.3 is 34.5 Å². The number of anilines is 1. The molecule has 4 rings (SSSR count). The Morgan fingerprint density at radius 2 is 1.00 bits per heavy atom. The first-order valence-electron chi connectivity index (χ1n) is 20.8. The minimum Gasteiger partial charge on any atom is -0.460 e. The molecule has 0 unspecified atom stereocenters. The molecule has 2 heterocycles. The number of ether oxygens (including phenoxy) is 4. The van der Waals surface area contributed by atoms with E-state index in [1.165, 1.54) is 4.90 Å². The standard InChI is InChI=1S/C46H68N4O9/c1-43(2,3)56-38(51)36(33-19-21-48(28-33)41(54)58-45(7,8)9)25-30-15-13-17-32(23-30)27-50(40(47)53)35-18-14-16-31(24-35)26-37(39(52)57-44(4,5)6)34-20-22-49(29-34)42(55)59-46(10,11)12/h13-18,23-24,33-34,36-37H,19-22,25-29H2,1-12H3,(H2,47,53)/t33-,34-,36-,37-/m0/s1. The maximum Gasteiger partial charge on any atom is 0.410 e. The fourth-order valence-electron chi connectivity index (χ4n) is 7.55. The fourth-order valence-corrected chi connectivity index (χ4v) is 7.55. The Hall–Kier alpha value is -4.81. The van der Waals surface area contributed by atoms with Gasteiger partial charge in [0.15, 0.2) is 0 Å². The van der Waals surface area contributed by atoms with E-state index in [1.54, 1.807) is 15.9 Å². The van der Waals surface area contributed by atoms with Crippen molar-refractivity contribution in [1.82, 2.24) is 9.80 Å². The molecular formula is C46H68N4O9. The van der Waals surface area contributed by atoms with Gasteiger partial charge in [-0.05, 0) is 149 Å². The van der Waals surface area contributed by atoms with E-state index in [2.05, 4.69) is 0 Å². The van der Waals surface area contributed by atoms with Crippen LogP contribution in [0.5, 0.6) is 0 Å². The smallest absolute Gasteiger partial charge is 0.410 e. The van der Waals surface area contributed by atoms with Crippen molar-refractivity contribution < 1.29 is 42.9 Å². The highest BCUT2D eigenvalue weighted by molar-refractivity contribution is 5.90. The number of amides is 4. The van der Waals surface area contributed by atoms with Crippen LogP contribution in [0.25, 0.3) is 0 Å². The average molecular weight is 821 g/mol. The number of nitrogens with two attached hydrogens (primary N) is 1. The van der Waals surface area contributed by atoms with E-state index in [0.29, 0.717) is 57.5 Å². The zero-order valence-corrected chi connectivity index (χ0v) is 37.4. The first-order valence-corrected chi connectivity index (χ1v) is 20.8. The Labute approximate surface area is 351 Å². The predicted octanol–water partition coefficient (Wildman–Crippen LogP) is 8.29. The lowest BCUT2D eigenvalue weighted by Crippen LogP contribution is -2.38. The third-order valence-corrected chi connectivity index (χ3v) is 10.0. The summed E-state index contributed by atoms with van der Waals surface area (Å²) in [5.41, 5.74) is 6.39. The van der Waals surface area contributed by atoms with Crippen LogP contribution in [0.4, 0.5) is 20.1 Å². The summed E-state index contributed by atoms with van der Waals surface area (Å²) in [5, 5.41) is 0. The summed E-state index contributed by atoms with van der Waals surface area (Å²) in [6.45, 7) is 23.8. The molecule has 59 heavy (non-hydrogen) atoms. The molecule has 2 saturated heterocycles. The number of carbonyl (C=O) groups excluding carboxylic acids is 5. The van der Waals surface area contributed by atoms with E-state index in [-0.39, 0.29) is 30.3 Å². The zero-order chi connectivity index (χ0) is 44.1. The van der Waals surface area contributed by atoms with Crippen LogP contribution in [-0.2, 0) is 47.9 Å². The number of hydrogen-bond donors (Lipinski definition) is 1. The number of carbonyl (C=O) groups is 5. The predicted molar refractivity (Wildman–Crippen MR) is 227 cm³/mol. The maximum atomic E-state index is 13.7. The molecule has 13 nitrogen and oxygen atoms in total. The first kappa shape index (κ1) is 46.9. The van der Waals surface area contributed by atoms with Crippen molar-refractivity contribution in [2.45, 2.75) is 138 Å². The Morgan fingerprint density at radius 1 is 0.610 bits per heavy atom. The molecule has 0 bridgehead atoms. The van der Waals surface area contributed by atoms with Gasteiger partial charge in [0, 0.05) is 31.9 Å². The van der Waals surface area contributed by atoms with Gasteiger partial charge in [-0.25, -0.2) is 14.4 Å². The van der Waals surface area contributed by atoms with Crippen molar-refractivity contribution in [3.8, 4) is 0 Å². The highest BCUT2D eigenvalue weighted by atomic mass is 16.6. The minimum atomic E-state index is -0.706. The monoisotopic (exact) mass is 820 g/mol. The Morgan fingerprint density at radius 3 is 1.41 bits per heavy atom. The van der Waals surface area contributed by atoms with Gasteiger partial charge in [-0.3, -0.25) is 14.5 Å². The van der Waals surface area contributed by atoms with Crippen molar-refractivity contribution in [2.24, 2.45) is 29.4 Å². The molecule has 4 amide bonds. The van der Waals surface area contributed by atoms with Crippen molar-refractivity contribution in [2.75, 3.05) is 31.1 Å². The summed E-state index contributed by atoms with van der Waals surface area (Å²) >= 11 is 0. The lowest BCUT2D eigenvalue weighted by atomic mass is 9.85. The molecule has 0 radical (unpaired) electrons. The van der Waals surface area contributed by atoms with Crippen molar-refractivity contribution in [1.29, 1.82) is 0 Å². The third-order valence-electron chi connectivity index (χ3n) is 10.0. The number of benzene rings is 2. The van der Waals surface area contributed by atoms with Crippen LogP contribution in [0.1, 0.15) is 113 Å². The topological polar surface area (TPSA) is 158 Å². The van der Waals surface area contributed by atoms with Crippen molar-refractivity contribution >= 4 is 35.8 Å². The summed E-state index contributed by atoms with van der Waals surface area (Å²) in [6, 6.07) is 14.5. The number of nitrogens with zero attached hydrogens (tertiary/aromatic N) is 3. The second kappa shape index (κ2) is 18.6. The van der Waals surface area contributed by atoms with Gasteiger partial charge in [-0.1, -0.05) is 36.4 Å². The van der Waals surface area contributed by atoms with Gasteiger partial charge in [0.25, 0.3) is 0 Å². The number of rotatable bonds is 11. The van der Waals surface area contributed by atoms with Crippen LogP contribution in [0.15, 0.2) is 48.5 Å². The van der Waals surface area contributed by atoms with Gasteiger partial charge in [0.05, 0.1) is 18.4 Å². The minimum absolute atomic E-state index is 0.139. The van der Waals surface area contributed by atoms with Crippen LogP contribution < -0.4 is 10.6 Å². The Kier molecular flexibility index (Phi) is 14.8. The molecule has 13 heteroatoms. The molecule has 0 spiro atoms. The largest absolute Gasteiger partial charge is 0.460 e. The first-order chi connectivity index (χ1) is 27.2. The summed E-state index contributed by atoms with van der Waals surface area (Å²) < 4.78 is 23.0. The van der Waals surface area contributed by atoms with Crippen molar-refractivity contribution in [3.05, 3.63) is 65.2 Å². The van der Waals surface area contributed by atoms with Gasteiger partial charge >= 0.3 is 30.2 Å². The molecule has 0 aromatic heterocycles. The second-order valence-electron chi connectivity index (χ2n) is 20.1. The molecule has 2 aliphatic rings. The molecular weight excluding hydrogens is 753 g/mol. The highest BCUT2D eigenvalue weighted by Gasteiger charge is 2.41. The number of esters is 2. The molecule has 0 aliphatic carbocycles. The Bertz CT molecular complexity index is 1820. The maximum absolute atomic E-state index is 13.7. The molecule has 2 fully saturated rings. The summed E-state index contributed by atoms with van der Waals surface area (Å²) in [7, 11) is 0. The van der Waals surface area contributed by atoms with Crippen LogP contribution in [0.3, 0.4) is 0 Å². The quantitative estimate of drug-likeness (QED) is 0.174. The zero-order valence-electron chi connectivity index (χ0n) is 37.4. The molecule has 0 saturated carbocycles. The second-order valence-corrected chi connectivity index (χ2v) is 20.1. The highest BCUT2D eigenvalue weighted by Crippen LogP contribution is 2.33. The normalized spacial score (nSPS) is 18.5. The average Bonchev–Trinajstić information content (AvgIpc) is 3.77. The van der Waals surface area contributed by atoms with Crippen molar-refractivity contribution in [3.63, 3.8) is 0 Å². The van der Waals surface area contributed by atoms with E-state index in [1.807, 2.05) is 126 Å². The van der Waals surface area contributed by atoms with Gasteiger partial charge in [0.1, 0.15) is 22.4 Å².